The van der Waals surface area contributed by atoms with Crippen molar-refractivity contribution in [2.24, 2.45) is 5.73 Å². The summed E-state index contributed by atoms with van der Waals surface area (Å²) in [6, 6.07) is 8.51. The van der Waals surface area contributed by atoms with Crippen molar-refractivity contribution in [2.75, 3.05) is 20.2 Å². The third-order valence-electron chi connectivity index (χ3n) is 2.90. The van der Waals surface area contributed by atoms with Gasteiger partial charge >= 0.3 is 0 Å². The highest BCUT2D eigenvalue weighted by Gasteiger charge is 2.19. The van der Waals surface area contributed by atoms with Gasteiger partial charge < -0.3 is 10.5 Å². The van der Waals surface area contributed by atoms with Crippen molar-refractivity contribution in [3.8, 4) is 5.75 Å². The Morgan fingerprint density at radius 2 is 2.06 bits per heavy atom. The van der Waals surface area contributed by atoms with E-state index in [9.17, 15) is 0 Å². The number of ether oxygens (including phenoxy) is 1. The average molecular weight is 279 g/mol. The summed E-state index contributed by atoms with van der Waals surface area (Å²) in [4.78, 5) is 2.38. The highest BCUT2D eigenvalue weighted by atomic mass is 35.5. The number of rotatable bonds is 3. The Kier molecular flexibility index (Phi) is 7.55. The Morgan fingerprint density at radius 3 is 2.65 bits per heavy atom. The second-order valence-electron chi connectivity index (χ2n) is 4.10. The van der Waals surface area contributed by atoms with Gasteiger partial charge in [0, 0.05) is 31.2 Å². The lowest BCUT2D eigenvalue weighted by Crippen LogP contribution is -2.26. The van der Waals surface area contributed by atoms with Gasteiger partial charge in [0.15, 0.2) is 0 Å². The van der Waals surface area contributed by atoms with Crippen LogP contribution in [0.5, 0.6) is 5.75 Å². The van der Waals surface area contributed by atoms with Crippen molar-refractivity contribution < 1.29 is 4.74 Å². The Labute approximate surface area is 115 Å². The molecule has 1 atom stereocenters. The Morgan fingerprint density at radius 1 is 1.35 bits per heavy atom. The lowest BCUT2D eigenvalue weighted by molar-refractivity contribution is 0.317. The van der Waals surface area contributed by atoms with Crippen LogP contribution in [-0.2, 0) is 6.54 Å². The highest BCUT2D eigenvalue weighted by molar-refractivity contribution is 5.85. The second-order valence-corrected chi connectivity index (χ2v) is 4.10. The fourth-order valence-corrected chi connectivity index (χ4v) is 2.08. The predicted molar refractivity (Wildman–Crippen MR) is 75.4 cm³/mol. The van der Waals surface area contributed by atoms with Crippen LogP contribution >= 0.6 is 24.8 Å². The SMILES string of the molecule is COc1ccccc1CN1CC[C@@H](N)C1.Cl.Cl. The number of para-hydroxylation sites is 1. The topological polar surface area (TPSA) is 38.5 Å². The number of likely N-dealkylation sites (tertiary alicyclic amines) is 1. The van der Waals surface area contributed by atoms with Gasteiger partial charge in [-0.3, -0.25) is 4.90 Å². The first-order chi connectivity index (χ1) is 7.29. The minimum absolute atomic E-state index is 0. The van der Waals surface area contributed by atoms with E-state index in [1.165, 1.54) is 5.56 Å². The smallest absolute Gasteiger partial charge is 0.123 e. The van der Waals surface area contributed by atoms with Gasteiger partial charge in [-0.2, -0.15) is 0 Å². The molecule has 1 saturated heterocycles. The van der Waals surface area contributed by atoms with Crippen molar-refractivity contribution >= 4 is 24.8 Å². The first-order valence-corrected chi connectivity index (χ1v) is 5.39. The lowest BCUT2D eigenvalue weighted by atomic mass is 10.2. The van der Waals surface area contributed by atoms with Crippen LogP contribution in [0.4, 0.5) is 0 Å². The summed E-state index contributed by atoms with van der Waals surface area (Å²) >= 11 is 0. The quantitative estimate of drug-likeness (QED) is 0.920. The molecular formula is C12H20Cl2N2O. The molecule has 1 heterocycles. The first-order valence-electron chi connectivity index (χ1n) is 5.39. The molecule has 1 fully saturated rings. The number of methoxy groups -OCH3 is 1. The van der Waals surface area contributed by atoms with Crippen LogP contribution in [0.1, 0.15) is 12.0 Å². The molecule has 17 heavy (non-hydrogen) atoms. The van der Waals surface area contributed by atoms with E-state index in [2.05, 4.69) is 11.0 Å². The van der Waals surface area contributed by atoms with Gasteiger partial charge in [0.25, 0.3) is 0 Å². The van der Waals surface area contributed by atoms with Gasteiger partial charge in [0.1, 0.15) is 5.75 Å². The normalized spacial score (nSPS) is 19.3. The van der Waals surface area contributed by atoms with Crippen molar-refractivity contribution in [2.45, 2.75) is 19.0 Å². The van der Waals surface area contributed by atoms with Crippen LogP contribution in [0, 0.1) is 0 Å². The molecule has 3 nitrogen and oxygen atoms in total. The van der Waals surface area contributed by atoms with E-state index in [4.69, 9.17) is 10.5 Å². The zero-order valence-corrected chi connectivity index (χ0v) is 11.6. The Balaban J connectivity index is 0.00000128. The molecule has 1 aromatic rings. The molecule has 2 rings (SSSR count). The van der Waals surface area contributed by atoms with Crippen LogP contribution in [-0.4, -0.2) is 31.1 Å². The summed E-state index contributed by atoms with van der Waals surface area (Å²) in [5.74, 6) is 0.970. The summed E-state index contributed by atoms with van der Waals surface area (Å²) in [5, 5.41) is 0. The van der Waals surface area contributed by atoms with Crippen molar-refractivity contribution in [1.82, 2.24) is 4.90 Å². The van der Waals surface area contributed by atoms with E-state index < -0.39 is 0 Å². The minimum Gasteiger partial charge on any atom is -0.496 e. The Hall–Kier alpha value is -0.480. The number of nitrogens with two attached hydrogens (primary N) is 1. The summed E-state index contributed by atoms with van der Waals surface area (Å²) < 4.78 is 5.32. The molecule has 98 valence electrons. The van der Waals surface area contributed by atoms with Crippen LogP contribution in [0.3, 0.4) is 0 Å². The number of benzene rings is 1. The van der Waals surface area contributed by atoms with Crippen LogP contribution in [0.2, 0.25) is 0 Å². The molecule has 5 heteroatoms. The minimum atomic E-state index is 0. The molecule has 0 bridgehead atoms. The fourth-order valence-electron chi connectivity index (χ4n) is 2.08. The third kappa shape index (κ3) is 4.36. The summed E-state index contributed by atoms with van der Waals surface area (Å²) in [5.41, 5.74) is 7.12. The first kappa shape index (κ1) is 16.5. The fraction of sp³-hybridized carbons (Fsp3) is 0.500. The molecule has 0 saturated carbocycles. The molecular weight excluding hydrogens is 259 g/mol. The zero-order chi connectivity index (χ0) is 10.7. The monoisotopic (exact) mass is 278 g/mol. The molecule has 0 amide bonds. The van der Waals surface area contributed by atoms with Gasteiger partial charge in [-0.05, 0) is 12.5 Å². The molecule has 1 aliphatic heterocycles. The van der Waals surface area contributed by atoms with E-state index in [0.29, 0.717) is 6.04 Å². The number of nitrogens with zero attached hydrogens (tertiary/aromatic N) is 1. The van der Waals surface area contributed by atoms with E-state index in [1.807, 2.05) is 18.2 Å². The van der Waals surface area contributed by atoms with Crippen molar-refractivity contribution in [3.63, 3.8) is 0 Å². The number of halogens is 2. The van der Waals surface area contributed by atoms with Crippen LogP contribution in [0.15, 0.2) is 24.3 Å². The van der Waals surface area contributed by atoms with Crippen LogP contribution in [0.25, 0.3) is 0 Å². The zero-order valence-electron chi connectivity index (χ0n) is 9.96. The maximum Gasteiger partial charge on any atom is 0.123 e. The van der Waals surface area contributed by atoms with Crippen molar-refractivity contribution in [1.29, 1.82) is 0 Å². The van der Waals surface area contributed by atoms with E-state index in [0.717, 1.165) is 31.8 Å². The molecule has 0 aromatic heterocycles. The highest BCUT2D eigenvalue weighted by Crippen LogP contribution is 2.20. The Bertz CT molecular complexity index is 336. The number of hydrogen-bond donors (Lipinski definition) is 1. The molecule has 0 spiro atoms. The maximum absolute atomic E-state index is 5.88. The van der Waals surface area contributed by atoms with Gasteiger partial charge in [-0.15, -0.1) is 24.8 Å². The van der Waals surface area contributed by atoms with E-state index in [-0.39, 0.29) is 24.8 Å². The predicted octanol–water partition coefficient (Wildman–Crippen LogP) is 2.07. The van der Waals surface area contributed by atoms with Gasteiger partial charge in [0.2, 0.25) is 0 Å². The molecule has 0 aliphatic carbocycles. The van der Waals surface area contributed by atoms with Gasteiger partial charge in [0.05, 0.1) is 7.11 Å². The average Bonchev–Trinajstić information content (AvgIpc) is 2.65. The maximum atomic E-state index is 5.88. The molecule has 2 N–H and O–H groups in total. The second kappa shape index (κ2) is 7.77. The molecule has 1 aliphatic rings. The lowest BCUT2D eigenvalue weighted by Gasteiger charge is -2.16. The summed E-state index contributed by atoms with van der Waals surface area (Å²) in [7, 11) is 1.72. The molecule has 1 aromatic carbocycles. The van der Waals surface area contributed by atoms with E-state index >= 15 is 0 Å². The third-order valence-corrected chi connectivity index (χ3v) is 2.90. The van der Waals surface area contributed by atoms with E-state index in [1.54, 1.807) is 7.11 Å². The van der Waals surface area contributed by atoms with Crippen LogP contribution < -0.4 is 10.5 Å². The van der Waals surface area contributed by atoms with Crippen molar-refractivity contribution in [3.05, 3.63) is 29.8 Å². The summed E-state index contributed by atoms with van der Waals surface area (Å²) in [6.45, 7) is 3.04. The molecule has 0 radical (unpaired) electrons. The number of hydrogen-bond acceptors (Lipinski definition) is 3. The largest absolute Gasteiger partial charge is 0.496 e. The molecule has 0 unspecified atom stereocenters. The standard InChI is InChI=1S/C12H18N2O.2ClH/c1-15-12-5-3-2-4-10(12)8-14-7-6-11(13)9-14;;/h2-5,11H,6-9,13H2,1H3;2*1H/t11-;;/m1../s1. The summed E-state index contributed by atoms with van der Waals surface area (Å²) in [6.07, 6.45) is 1.11. The van der Waals surface area contributed by atoms with Gasteiger partial charge in [-0.25, -0.2) is 0 Å². The van der Waals surface area contributed by atoms with Gasteiger partial charge in [-0.1, -0.05) is 18.2 Å².